The van der Waals surface area contributed by atoms with Crippen LogP contribution in [0.15, 0.2) is 12.1 Å². The summed E-state index contributed by atoms with van der Waals surface area (Å²) >= 11 is 11.7. The molecule has 0 saturated carbocycles. The molecule has 0 aliphatic carbocycles. The first kappa shape index (κ1) is 14.1. The van der Waals surface area contributed by atoms with E-state index in [1.54, 1.807) is 13.8 Å². The second-order valence-corrected chi connectivity index (χ2v) is 5.14. The third kappa shape index (κ3) is 4.07. The summed E-state index contributed by atoms with van der Waals surface area (Å²) in [6.07, 6.45) is 0. The molecule has 0 fully saturated rings. The van der Waals surface area contributed by atoms with Crippen LogP contribution in [0.3, 0.4) is 0 Å². The summed E-state index contributed by atoms with van der Waals surface area (Å²) in [6, 6.07) is 2.91. The lowest BCUT2D eigenvalue weighted by Gasteiger charge is -2.18. The van der Waals surface area contributed by atoms with Crippen molar-refractivity contribution in [3.05, 3.63) is 27.7 Å². The number of rotatable bonds is 3. The van der Waals surface area contributed by atoms with E-state index >= 15 is 0 Å². The van der Waals surface area contributed by atoms with E-state index in [0.29, 0.717) is 5.69 Å². The summed E-state index contributed by atoms with van der Waals surface area (Å²) in [5.74, 6) is -0.425. The number of amides is 1. The summed E-state index contributed by atoms with van der Waals surface area (Å²) in [7, 11) is 0. The van der Waals surface area contributed by atoms with Crippen LogP contribution in [0.2, 0.25) is 10.0 Å². The molecule has 0 bridgehead atoms. The van der Waals surface area contributed by atoms with Crippen LogP contribution in [0.25, 0.3) is 0 Å². The molecule has 1 rings (SSSR count). The Morgan fingerprint density at radius 3 is 2.59 bits per heavy atom. The number of benzene rings is 1. The van der Waals surface area contributed by atoms with Crippen molar-refractivity contribution >= 4 is 34.8 Å². The minimum absolute atomic E-state index is 0.106. The fourth-order valence-electron chi connectivity index (χ4n) is 1.17. The topological polar surface area (TPSA) is 75.3 Å². The van der Waals surface area contributed by atoms with Gasteiger partial charge in [-0.1, -0.05) is 23.2 Å². The van der Waals surface area contributed by atoms with Gasteiger partial charge in [0.05, 0.1) is 21.2 Å². The number of carbonyl (C=O) groups is 1. The Hall–Kier alpha value is -0.970. The molecule has 0 saturated heterocycles. The molecule has 0 atom stereocenters. The van der Waals surface area contributed by atoms with Crippen LogP contribution in [0.1, 0.15) is 24.2 Å². The number of nitrogens with one attached hydrogen (secondary N) is 1. The van der Waals surface area contributed by atoms with E-state index in [0.717, 1.165) is 0 Å². The number of hydrogen-bond acceptors (Lipinski definition) is 3. The monoisotopic (exact) mass is 276 g/mol. The Balaban J connectivity index is 2.90. The van der Waals surface area contributed by atoms with Crippen molar-refractivity contribution in [2.24, 2.45) is 0 Å². The van der Waals surface area contributed by atoms with E-state index in [1.165, 1.54) is 12.1 Å². The first-order valence-electron chi connectivity index (χ1n) is 4.96. The average Bonchev–Trinajstić information content (AvgIpc) is 2.19. The van der Waals surface area contributed by atoms with E-state index in [2.05, 4.69) is 5.32 Å². The molecule has 0 aliphatic heterocycles. The van der Waals surface area contributed by atoms with Crippen LogP contribution >= 0.6 is 23.2 Å². The van der Waals surface area contributed by atoms with Crippen LogP contribution in [0, 0.1) is 0 Å². The first-order valence-corrected chi connectivity index (χ1v) is 5.71. The molecule has 0 aromatic heterocycles. The van der Waals surface area contributed by atoms with E-state index in [9.17, 15) is 9.90 Å². The first-order chi connectivity index (χ1) is 7.70. The smallest absolute Gasteiger partial charge is 0.253 e. The minimum atomic E-state index is -0.994. The fraction of sp³-hybridized carbons (Fsp3) is 0.364. The van der Waals surface area contributed by atoms with E-state index in [1.807, 2.05) is 0 Å². The quantitative estimate of drug-likeness (QED) is 0.740. The normalized spacial score (nSPS) is 11.4. The van der Waals surface area contributed by atoms with Crippen molar-refractivity contribution in [1.29, 1.82) is 0 Å². The van der Waals surface area contributed by atoms with Gasteiger partial charge in [-0.2, -0.15) is 0 Å². The number of nitrogen functional groups attached to an aromatic ring is 1. The van der Waals surface area contributed by atoms with Gasteiger partial charge in [-0.15, -0.1) is 0 Å². The molecule has 1 amide bonds. The van der Waals surface area contributed by atoms with Gasteiger partial charge in [0, 0.05) is 12.2 Å². The molecule has 0 aliphatic rings. The molecule has 4 nitrogen and oxygen atoms in total. The molecular weight excluding hydrogens is 263 g/mol. The second-order valence-electron chi connectivity index (χ2n) is 4.36. The summed E-state index contributed by atoms with van der Waals surface area (Å²) in [4.78, 5) is 11.8. The van der Waals surface area contributed by atoms with Gasteiger partial charge in [0.1, 0.15) is 0 Å². The Morgan fingerprint density at radius 1 is 1.47 bits per heavy atom. The van der Waals surface area contributed by atoms with Crippen molar-refractivity contribution in [2.75, 3.05) is 12.3 Å². The summed E-state index contributed by atoms with van der Waals surface area (Å²) in [6.45, 7) is 3.27. The molecule has 94 valence electrons. The van der Waals surface area contributed by atoms with Gasteiger partial charge in [-0.25, -0.2) is 0 Å². The third-order valence-corrected chi connectivity index (χ3v) is 2.78. The molecule has 17 heavy (non-hydrogen) atoms. The number of carbonyl (C=O) groups excluding carboxylic acids is 1. The number of anilines is 1. The van der Waals surface area contributed by atoms with Crippen LogP contribution in [-0.2, 0) is 0 Å². The molecule has 0 unspecified atom stereocenters. The highest BCUT2D eigenvalue weighted by atomic mass is 35.5. The molecule has 0 spiro atoms. The van der Waals surface area contributed by atoms with E-state index < -0.39 is 11.5 Å². The number of aliphatic hydroxyl groups is 1. The summed E-state index contributed by atoms with van der Waals surface area (Å²) in [5.41, 5.74) is 5.13. The highest BCUT2D eigenvalue weighted by Crippen LogP contribution is 2.28. The zero-order chi connectivity index (χ0) is 13.2. The second kappa shape index (κ2) is 5.12. The summed E-state index contributed by atoms with van der Waals surface area (Å²) < 4.78 is 0. The van der Waals surface area contributed by atoms with Gasteiger partial charge in [0.2, 0.25) is 0 Å². The van der Waals surface area contributed by atoms with Gasteiger partial charge < -0.3 is 16.2 Å². The number of nitrogens with two attached hydrogens (primary N) is 1. The molecule has 6 heteroatoms. The van der Waals surface area contributed by atoms with Crippen molar-refractivity contribution in [1.82, 2.24) is 5.32 Å². The standard InChI is InChI=1S/C11H14Cl2N2O2/c1-11(2,17)5-15-10(16)7-3-6(14)4-8(12)9(7)13/h3-4,17H,5,14H2,1-2H3,(H,15,16). The maximum atomic E-state index is 11.8. The lowest BCUT2D eigenvalue weighted by Crippen LogP contribution is -2.38. The zero-order valence-electron chi connectivity index (χ0n) is 9.55. The Morgan fingerprint density at radius 2 is 2.06 bits per heavy atom. The van der Waals surface area contributed by atoms with Gasteiger partial charge in [0.25, 0.3) is 5.91 Å². The van der Waals surface area contributed by atoms with Crippen LogP contribution in [0.4, 0.5) is 5.69 Å². The highest BCUT2D eigenvalue weighted by Gasteiger charge is 2.18. The van der Waals surface area contributed by atoms with Crippen LogP contribution in [-0.4, -0.2) is 23.2 Å². The van der Waals surface area contributed by atoms with Gasteiger partial charge in [-0.3, -0.25) is 4.79 Å². The molecule has 0 radical (unpaired) electrons. The maximum absolute atomic E-state index is 11.8. The Bertz CT molecular complexity index is 442. The van der Waals surface area contributed by atoms with Gasteiger partial charge >= 0.3 is 0 Å². The van der Waals surface area contributed by atoms with E-state index in [-0.39, 0.29) is 22.2 Å². The minimum Gasteiger partial charge on any atom is -0.399 e. The zero-order valence-corrected chi connectivity index (χ0v) is 11.1. The van der Waals surface area contributed by atoms with Crippen LogP contribution in [0.5, 0.6) is 0 Å². The molecular formula is C11H14Cl2N2O2. The van der Waals surface area contributed by atoms with Crippen LogP contribution < -0.4 is 11.1 Å². The fourth-order valence-corrected chi connectivity index (χ4v) is 1.59. The van der Waals surface area contributed by atoms with Gasteiger partial charge in [-0.05, 0) is 26.0 Å². The van der Waals surface area contributed by atoms with Crippen molar-refractivity contribution in [2.45, 2.75) is 19.4 Å². The highest BCUT2D eigenvalue weighted by molar-refractivity contribution is 6.44. The lowest BCUT2D eigenvalue weighted by atomic mass is 10.1. The third-order valence-electron chi connectivity index (χ3n) is 1.98. The number of hydrogen-bond donors (Lipinski definition) is 3. The maximum Gasteiger partial charge on any atom is 0.253 e. The SMILES string of the molecule is CC(C)(O)CNC(=O)c1cc(N)cc(Cl)c1Cl. The average molecular weight is 277 g/mol. The molecule has 4 N–H and O–H groups in total. The molecule has 1 aromatic carbocycles. The Kier molecular flexibility index (Phi) is 4.25. The molecule has 1 aromatic rings. The predicted octanol–water partition coefficient (Wildman–Crippen LogP) is 2.08. The van der Waals surface area contributed by atoms with Crippen molar-refractivity contribution < 1.29 is 9.90 Å². The number of halogens is 2. The predicted molar refractivity (Wildman–Crippen MR) is 69.5 cm³/mol. The summed E-state index contributed by atoms with van der Waals surface area (Å²) in [5, 5.41) is 12.4. The molecule has 0 heterocycles. The van der Waals surface area contributed by atoms with Crippen molar-refractivity contribution in [3.63, 3.8) is 0 Å². The van der Waals surface area contributed by atoms with Crippen molar-refractivity contribution in [3.8, 4) is 0 Å². The van der Waals surface area contributed by atoms with E-state index in [4.69, 9.17) is 28.9 Å². The lowest BCUT2D eigenvalue weighted by molar-refractivity contribution is 0.0694. The largest absolute Gasteiger partial charge is 0.399 e. The Labute approximate surface area is 110 Å². The van der Waals surface area contributed by atoms with Gasteiger partial charge in [0.15, 0.2) is 0 Å².